The number of amides is 1. The van der Waals surface area contributed by atoms with E-state index < -0.39 is 0 Å². The number of imidazole rings is 1. The molecule has 1 fully saturated rings. The van der Waals surface area contributed by atoms with Gasteiger partial charge in [0.1, 0.15) is 0 Å². The van der Waals surface area contributed by atoms with Gasteiger partial charge in [0.05, 0.1) is 18.2 Å². The van der Waals surface area contributed by atoms with Crippen LogP contribution in [-0.4, -0.2) is 26.7 Å². The molecular weight excluding hydrogens is 302 g/mol. The Morgan fingerprint density at radius 3 is 3.19 bits per heavy atom. The van der Waals surface area contributed by atoms with Crippen LogP contribution in [-0.2, 0) is 11.2 Å². The number of hydrogen-bond acceptors (Lipinski definition) is 4. The van der Waals surface area contributed by atoms with E-state index in [1.807, 2.05) is 27.1 Å². The Bertz CT molecular complexity index is 730. The molecule has 1 atom stereocenters. The monoisotopic (exact) mass is 317 g/mol. The molecule has 0 spiro atoms. The van der Waals surface area contributed by atoms with Crippen molar-refractivity contribution < 1.29 is 4.79 Å². The first-order chi connectivity index (χ1) is 10.3. The second-order valence-electron chi connectivity index (χ2n) is 5.30. The van der Waals surface area contributed by atoms with Crippen LogP contribution in [0, 0.1) is 0 Å². The quantitative estimate of drug-likeness (QED) is 0.743. The summed E-state index contributed by atoms with van der Waals surface area (Å²) in [4.78, 5) is 20.1. The standard InChI is InChI=1S/C15H15N3OS2/c19-14(8-12-9-17-5-7-21-15(17)16-12)18-4-1-2-13(18)11-3-6-20-10-11/h3,5-7,9-10,13H,1-2,4,8H2. The molecule has 0 bridgehead atoms. The van der Waals surface area contributed by atoms with Gasteiger partial charge in [0, 0.05) is 24.3 Å². The average molecular weight is 317 g/mol. The molecule has 1 unspecified atom stereocenters. The number of fused-ring (bicyclic) bond motifs is 1. The van der Waals surface area contributed by atoms with Gasteiger partial charge in [-0.15, -0.1) is 11.3 Å². The topological polar surface area (TPSA) is 37.6 Å². The van der Waals surface area contributed by atoms with Gasteiger partial charge >= 0.3 is 0 Å². The van der Waals surface area contributed by atoms with E-state index in [0.717, 1.165) is 30.0 Å². The molecule has 0 aromatic carbocycles. The minimum absolute atomic E-state index is 0.189. The van der Waals surface area contributed by atoms with Crippen molar-refractivity contribution in [2.75, 3.05) is 6.54 Å². The van der Waals surface area contributed by atoms with Crippen LogP contribution in [0.25, 0.3) is 4.96 Å². The van der Waals surface area contributed by atoms with Crippen molar-refractivity contribution in [1.29, 1.82) is 0 Å². The van der Waals surface area contributed by atoms with Crippen LogP contribution in [0.4, 0.5) is 0 Å². The molecule has 3 aromatic heterocycles. The summed E-state index contributed by atoms with van der Waals surface area (Å²) in [6.45, 7) is 0.863. The van der Waals surface area contributed by atoms with E-state index in [-0.39, 0.29) is 11.9 Å². The van der Waals surface area contributed by atoms with Gasteiger partial charge < -0.3 is 4.90 Å². The Morgan fingerprint density at radius 2 is 2.38 bits per heavy atom. The minimum atomic E-state index is 0.189. The van der Waals surface area contributed by atoms with E-state index >= 15 is 0 Å². The molecule has 0 radical (unpaired) electrons. The fourth-order valence-electron chi connectivity index (χ4n) is 2.99. The molecule has 21 heavy (non-hydrogen) atoms. The molecule has 3 aromatic rings. The highest BCUT2D eigenvalue weighted by atomic mass is 32.1. The van der Waals surface area contributed by atoms with Crippen molar-refractivity contribution in [3.63, 3.8) is 0 Å². The van der Waals surface area contributed by atoms with E-state index in [2.05, 4.69) is 21.8 Å². The summed E-state index contributed by atoms with van der Waals surface area (Å²) in [7, 11) is 0. The first-order valence-electron chi connectivity index (χ1n) is 7.04. The molecule has 0 N–H and O–H groups in total. The van der Waals surface area contributed by atoms with Gasteiger partial charge in [0.2, 0.25) is 5.91 Å². The number of aromatic nitrogens is 2. The normalized spacial score (nSPS) is 18.7. The Kier molecular flexibility index (Phi) is 3.27. The third kappa shape index (κ3) is 2.38. The average Bonchev–Trinajstić information content (AvgIpc) is 3.22. The molecule has 0 aliphatic carbocycles. The van der Waals surface area contributed by atoms with E-state index in [1.54, 1.807) is 22.7 Å². The van der Waals surface area contributed by atoms with Gasteiger partial charge in [-0.2, -0.15) is 11.3 Å². The van der Waals surface area contributed by atoms with Crippen LogP contribution in [0.1, 0.15) is 30.1 Å². The summed E-state index contributed by atoms with van der Waals surface area (Å²) in [5.74, 6) is 0.189. The number of thiazole rings is 1. The molecule has 1 amide bonds. The molecule has 4 heterocycles. The molecule has 4 nitrogen and oxygen atoms in total. The molecule has 0 saturated carbocycles. The number of likely N-dealkylation sites (tertiary alicyclic amines) is 1. The molecule has 4 rings (SSSR count). The lowest BCUT2D eigenvalue weighted by atomic mass is 10.1. The zero-order chi connectivity index (χ0) is 14.2. The van der Waals surface area contributed by atoms with Crippen LogP contribution in [0.3, 0.4) is 0 Å². The summed E-state index contributed by atoms with van der Waals surface area (Å²) in [6.07, 6.45) is 6.49. The Hall–Kier alpha value is -1.66. The smallest absolute Gasteiger partial charge is 0.229 e. The van der Waals surface area contributed by atoms with Crippen molar-refractivity contribution in [1.82, 2.24) is 14.3 Å². The van der Waals surface area contributed by atoms with Crippen molar-refractivity contribution in [3.05, 3.63) is 45.9 Å². The highest BCUT2D eigenvalue weighted by molar-refractivity contribution is 7.15. The molecule has 1 aliphatic rings. The number of thiophene rings is 1. The number of carbonyl (C=O) groups is 1. The number of rotatable bonds is 3. The van der Waals surface area contributed by atoms with Crippen molar-refractivity contribution in [3.8, 4) is 0 Å². The van der Waals surface area contributed by atoms with Gasteiger partial charge in [-0.1, -0.05) is 0 Å². The molecule has 1 saturated heterocycles. The van der Waals surface area contributed by atoms with Gasteiger partial charge in [0.15, 0.2) is 4.96 Å². The van der Waals surface area contributed by atoms with Crippen LogP contribution >= 0.6 is 22.7 Å². The van der Waals surface area contributed by atoms with Crippen LogP contribution < -0.4 is 0 Å². The maximum Gasteiger partial charge on any atom is 0.229 e. The van der Waals surface area contributed by atoms with Crippen LogP contribution in [0.5, 0.6) is 0 Å². The fourth-order valence-corrected chi connectivity index (χ4v) is 4.42. The lowest BCUT2D eigenvalue weighted by Crippen LogP contribution is -2.31. The maximum atomic E-state index is 12.6. The SMILES string of the molecule is O=C(Cc1cn2ccsc2n1)N1CCCC1c1ccsc1. The predicted octanol–water partition coefficient (Wildman–Crippen LogP) is 3.36. The molecule has 108 valence electrons. The van der Waals surface area contributed by atoms with Gasteiger partial charge in [-0.3, -0.25) is 9.20 Å². The Labute approximate surface area is 130 Å². The second kappa shape index (κ2) is 5.27. The number of hydrogen-bond donors (Lipinski definition) is 0. The van der Waals surface area contributed by atoms with Crippen molar-refractivity contribution in [2.24, 2.45) is 0 Å². The van der Waals surface area contributed by atoms with Crippen LogP contribution in [0.2, 0.25) is 0 Å². The van der Waals surface area contributed by atoms with E-state index in [0.29, 0.717) is 6.42 Å². The third-order valence-electron chi connectivity index (χ3n) is 3.98. The van der Waals surface area contributed by atoms with Gasteiger partial charge in [0.25, 0.3) is 0 Å². The molecular formula is C15H15N3OS2. The van der Waals surface area contributed by atoms with Crippen molar-refractivity contribution in [2.45, 2.75) is 25.3 Å². The summed E-state index contributed by atoms with van der Waals surface area (Å²) >= 11 is 3.29. The van der Waals surface area contributed by atoms with E-state index in [4.69, 9.17) is 0 Å². The number of nitrogens with zero attached hydrogens (tertiary/aromatic N) is 3. The maximum absolute atomic E-state index is 12.6. The van der Waals surface area contributed by atoms with Crippen LogP contribution in [0.15, 0.2) is 34.6 Å². The van der Waals surface area contributed by atoms with Crippen molar-refractivity contribution >= 4 is 33.5 Å². The molecule has 1 aliphatic heterocycles. The largest absolute Gasteiger partial charge is 0.335 e. The Balaban J connectivity index is 1.52. The summed E-state index contributed by atoms with van der Waals surface area (Å²) in [6, 6.07) is 2.39. The predicted molar refractivity (Wildman–Crippen MR) is 84.8 cm³/mol. The number of carbonyl (C=O) groups excluding carboxylic acids is 1. The highest BCUT2D eigenvalue weighted by Gasteiger charge is 2.30. The molecule has 6 heteroatoms. The summed E-state index contributed by atoms with van der Waals surface area (Å²) in [5.41, 5.74) is 2.14. The van der Waals surface area contributed by atoms with E-state index in [1.165, 1.54) is 5.56 Å². The second-order valence-corrected chi connectivity index (χ2v) is 6.96. The lowest BCUT2D eigenvalue weighted by Gasteiger charge is -2.24. The zero-order valence-corrected chi connectivity index (χ0v) is 13.1. The lowest BCUT2D eigenvalue weighted by molar-refractivity contribution is -0.131. The van der Waals surface area contributed by atoms with E-state index in [9.17, 15) is 4.79 Å². The fraction of sp³-hybridized carbons (Fsp3) is 0.333. The summed E-state index contributed by atoms with van der Waals surface area (Å²) < 4.78 is 1.98. The van der Waals surface area contributed by atoms with Gasteiger partial charge in [-0.05, 0) is 35.2 Å². The highest BCUT2D eigenvalue weighted by Crippen LogP contribution is 2.33. The first-order valence-corrected chi connectivity index (χ1v) is 8.86. The first kappa shape index (κ1) is 13.0. The summed E-state index contributed by atoms with van der Waals surface area (Å²) in [5, 5.41) is 6.24. The van der Waals surface area contributed by atoms with Gasteiger partial charge in [-0.25, -0.2) is 4.98 Å². The zero-order valence-electron chi connectivity index (χ0n) is 11.4. The Morgan fingerprint density at radius 1 is 1.43 bits per heavy atom. The third-order valence-corrected chi connectivity index (χ3v) is 5.45. The minimum Gasteiger partial charge on any atom is -0.335 e.